The first-order valence-electron chi connectivity index (χ1n) is 5.06. The number of benzene rings is 1. The normalized spacial score (nSPS) is 12.2. The Morgan fingerprint density at radius 2 is 2.27 bits per heavy atom. The maximum Gasteiger partial charge on any atom is 0.171 e. The van der Waals surface area contributed by atoms with Crippen molar-refractivity contribution in [1.82, 2.24) is 0 Å². The van der Waals surface area contributed by atoms with E-state index in [1.807, 2.05) is 25.1 Å². The van der Waals surface area contributed by atoms with Crippen molar-refractivity contribution in [3.05, 3.63) is 29.3 Å². The topological polar surface area (TPSA) is 26.3 Å². The molecule has 0 aromatic heterocycles. The summed E-state index contributed by atoms with van der Waals surface area (Å²) < 4.78 is 5.45. The number of hydrogen-bond donors (Lipinski definition) is 0. The lowest BCUT2D eigenvalue weighted by molar-refractivity contribution is 0.0963. The molecule has 0 saturated heterocycles. The zero-order chi connectivity index (χ0) is 10.7. The van der Waals surface area contributed by atoms with Crippen LogP contribution in [0.5, 0.6) is 5.75 Å². The third-order valence-electron chi connectivity index (χ3n) is 2.34. The highest BCUT2D eigenvalue weighted by Gasteiger charge is 2.26. The van der Waals surface area contributed by atoms with E-state index in [0.29, 0.717) is 18.8 Å². The van der Waals surface area contributed by atoms with Crippen LogP contribution in [0.15, 0.2) is 18.2 Å². The van der Waals surface area contributed by atoms with Gasteiger partial charge in [-0.25, -0.2) is 0 Å². The number of carbonyl (C=O) groups excluding carboxylic acids is 1. The summed E-state index contributed by atoms with van der Waals surface area (Å²) in [5, 5.41) is 0. The summed E-state index contributed by atoms with van der Waals surface area (Å²) in [5.74, 6) is 6.65. The van der Waals surface area contributed by atoms with E-state index in [4.69, 9.17) is 4.74 Å². The first kappa shape index (κ1) is 9.79. The minimum atomic E-state index is 0.170. The molecule has 0 N–H and O–H groups in total. The third kappa shape index (κ3) is 1.87. The Bertz CT molecular complexity index is 449. The number of carbonyl (C=O) groups is 1. The summed E-state index contributed by atoms with van der Waals surface area (Å²) in [6.45, 7) is 2.35. The standard InChI is InChI=1S/C13H12O2/c1-2-3-4-8-15-12-7-5-6-10-9-11(14)13(10)12/h5-7H,2,8-9H2,1H3. The van der Waals surface area contributed by atoms with Gasteiger partial charge in [0.15, 0.2) is 5.78 Å². The lowest BCUT2D eigenvalue weighted by Gasteiger charge is -2.19. The number of ether oxygens (including phenoxy) is 1. The van der Waals surface area contributed by atoms with E-state index >= 15 is 0 Å². The van der Waals surface area contributed by atoms with Crippen LogP contribution in [-0.2, 0) is 6.42 Å². The Morgan fingerprint density at radius 1 is 1.40 bits per heavy atom. The average molecular weight is 200 g/mol. The number of fused-ring (bicyclic) bond motifs is 1. The van der Waals surface area contributed by atoms with Crippen LogP contribution in [0.1, 0.15) is 29.3 Å². The van der Waals surface area contributed by atoms with Gasteiger partial charge in [-0.1, -0.05) is 25.0 Å². The molecule has 1 aromatic carbocycles. The summed E-state index contributed by atoms with van der Waals surface area (Å²) in [4.78, 5) is 11.3. The van der Waals surface area contributed by atoms with Gasteiger partial charge in [0.05, 0.1) is 5.56 Å². The minimum Gasteiger partial charge on any atom is -0.480 e. The predicted octanol–water partition coefficient (Wildman–Crippen LogP) is 2.22. The third-order valence-corrected chi connectivity index (χ3v) is 2.34. The molecule has 1 aromatic rings. The van der Waals surface area contributed by atoms with Crippen molar-refractivity contribution in [1.29, 1.82) is 0 Å². The Labute approximate surface area is 89.3 Å². The first-order valence-corrected chi connectivity index (χ1v) is 5.06. The SMILES string of the molecule is CCC#CCOc1cccc2c1C(=O)C2. The monoisotopic (exact) mass is 200 g/mol. The van der Waals surface area contributed by atoms with Crippen molar-refractivity contribution in [2.24, 2.45) is 0 Å². The Balaban J connectivity index is 2.09. The molecule has 1 aliphatic rings. The molecule has 0 unspecified atom stereocenters. The zero-order valence-electron chi connectivity index (χ0n) is 8.67. The summed E-state index contributed by atoms with van der Waals surface area (Å²) in [5.41, 5.74) is 1.83. The maximum atomic E-state index is 11.3. The van der Waals surface area contributed by atoms with Crippen molar-refractivity contribution in [3.63, 3.8) is 0 Å². The minimum absolute atomic E-state index is 0.170. The van der Waals surface area contributed by atoms with E-state index in [1.165, 1.54) is 0 Å². The predicted molar refractivity (Wildman–Crippen MR) is 58.0 cm³/mol. The van der Waals surface area contributed by atoms with Crippen LogP contribution >= 0.6 is 0 Å². The summed E-state index contributed by atoms with van der Waals surface area (Å²) >= 11 is 0. The smallest absolute Gasteiger partial charge is 0.171 e. The number of ketones is 1. The van der Waals surface area contributed by atoms with Crippen LogP contribution < -0.4 is 4.74 Å². The van der Waals surface area contributed by atoms with Gasteiger partial charge in [0, 0.05) is 12.8 Å². The highest BCUT2D eigenvalue weighted by molar-refractivity contribution is 6.08. The molecule has 0 radical (unpaired) electrons. The number of rotatable bonds is 2. The quantitative estimate of drug-likeness (QED) is 0.684. The summed E-state index contributed by atoms with van der Waals surface area (Å²) in [7, 11) is 0. The van der Waals surface area contributed by atoms with Gasteiger partial charge in [-0.15, -0.1) is 5.92 Å². The summed E-state index contributed by atoms with van der Waals surface area (Å²) in [6, 6.07) is 5.69. The molecule has 1 aliphatic carbocycles. The van der Waals surface area contributed by atoms with Crippen LogP contribution in [0.2, 0.25) is 0 Å². The lowest BCUT2D eigenvalue weighted by atomic mass is 9.86. The molecule has 0 saturated carbocycles. The molecule has 2 heteroatoms. The number of hydrogen-bond acceptors (Lipinski definition) is 2. The van der Waals surface area contributed by atoms with Crippen molar-refractivity contribution >= 4 is 5.78 Å². The van der Waals surface area contributed by atoms with Gasteiger partial charge < -0.3 is 4.74 Å². The summed E-state index contributed by atoms with van der Waals surface area (Å²) in [6.07, 6.45) is 1.38. The second-order valence-corrected chi connectivity index (χ2v) is 3.39. The fraction of sp³-hybridized carbons (Fsp3) is 0.308. The van der Waals surface area contributed by atoms with Crippen molar-refractivity contribution in [3.8, 4) is 17.6 Å². The fourth-order valence-electron chi connectivity index (χ4n) is 1.61. The van der Waals surface area contributed by atoms with Gasteiger partial charge in [0.1, 0.15) is 12.4 Å². The molecule has 0 fully saturated rings. The van der Waals surface area contributed by atoms with E-state index in [2.05, 4.69) is 11.8 Å². The van der Waals surface area contributed by atoms with Crippen molar-refractivity contribution < 1.29 is 9.53 Å². The van der Waals surface area contributed by atoms with Crippen LogP contribution in [0.25, 0.3) is 0 Å². The zero-order valence-corrected chi connectivity index (χ0v) is 8.67. The van der Waals surface area contributed by atoms with Gasteiger partial charge in [-0.2, -0.15) is 0 Å². The second kappa shape index (κ2) is 4.18. The van der Waals surface area contributed by atoms with Crippen LogP contribution in [0.3, 0.4) is 0 Å². The second-order valence-electron chi connectivity index (χ2n) is 3.39. The molecule has 0 heterocycles. The van der Waals surface area contributed by atoms with Crippen molar-refractivity contribution in [2.45, 2.75) is 19.8 Å². The number of Topliss-reactive ketones (excluding diaryl/α,β-unsaturated/α-hetero) is 1. The molecule has 0 spiro atoms. The fourth-order valence-corrected chi connectivity index (χ4v) is 1.61. The Hall–Kier alpha value is -1.75. The molecule has 15 heavy (non-hydrogen) atoms. The van der Waals surface area contributed by atoms with E-state index in [0.717, 1.165) is 17.5 Å². The molecular weight excluding hydrogens is 188 g/mol. The highest BCUT2D eigenvalue weighted by atomic mass is 16.5. The molecule has 76 valence electrons. The van der Waals surface area contributed by atoms with Gasteiger partial charge in [-0.3, -0.25) is 4.79 Å². The van der Waals surface area contributed by atoms with Crippen LogP contribution in [0.4, 0.5) is 0 Å². The van der Waals surface area contributed by atoms with E-state index in [1.54, 1.807) is 0 Å². The molecular formula is C13H12O2. The van der Waals surface area contributed by atoms with Crippen LogP contribution in [0, 0.1) is 11.8 Å². The molecule has 0 atom stereocenters. The van der Waals surface area contributed by atoms with Gasteiger partial charge in [0.25, 0.3) is 0 Å². The molecule has 0 amide bonds. The largest absolute Gasteiger partial charge is 0.480 e. The first-order chi connectivity index (χ1) is 7.33. The molecule has 2 nitrogen and oxygen atoms in total. The van der Waals surface area contributed by atoms with Crippen molar-refractivity contribution in [2.75, 3.05) is 6.61 Å². The van der Waals surface area contributed by atoms with E-state index < -0.39 is 0 Å². The molecule has 2 rings (SSSR count). The van der Waals surface area contributed by atoms with Gasteiger partial charge in [0.2, 0.25) is 0 Å². The Morgan fingerprint density at radius 3 is 3.00 bits per heavy atom. The van der Waals surface area contributed by atoms with E-state index in [-0.39, 0.29) is 5.78 Å². The lowest BCUT2D eigenvalue weighted by Crippen LogP contribution is -2.20. The average Bonchev–Trinajstić information content (AvgIpc) is 2.22. The maximum absolute atomic E-state index is 11.3. The highest BCUT2D eigenvalue weighted by Crippen LogP contribution is 2.31. The van der Waals surface area contributed by atoms with Crippen LogP contribution in [-0.4, -0.2) is 12.4 Å². The van der Waals surface area contributed by atoms with E-state index in [9.17, 15) is 4.79 Å². The Kier molecular flexibility index (Phi) is 2.73. The molecule has 0 aliphatic heterocycles. The molecule has 0 bridgehead atoms. The van der Waals surface area contributed by atoms with Gasteiger partial charge >= 0.3 is 0 Å². The van der Waals surface area contributed by atoms with Gasteiger partial charge in [-0.05, 0) is 11.6 Å².